The number of para-hydroxylation sites is 2. The van der Waals surface area contributed by atoms with Crippen LogP contribution in [0.25, 0.3) is 0 Å². The fourth-order valence-corrected chi connectivity index (χ4v) is 5.53. The number of rotatable bonds is 22. The molecule has 0 aromatic heterocycles. The van der Waals surface area contributed by atoms with E-state index in [4.69, 9.17) is 28.4 Å². The van der Waals surface area contributed by atoms with Crippen molar-refractivity contribution in [1.82, 2.24) is 25.8 Å². The van der Waals surface area contributed by atoms with Gasteiger partial charge in [-0.15, -0.1) is 0 Å². The van der Waals surface area contributed by atoms with E-state index in [1.807, 2.05) is 24.3 Å². The van der Waals surface area contributed by atoms with Crippen LogP contribution in [0.3, 0.4) is 0 Å². The molecule has 2 atom stereocenters. The lowest BCUT2D eigenvalue weighted by Crippen LogP contribution is -2.38. The molecule has 0 aliphatic carbocycles. The monoisotopic (exact) mass is 633 g/mol. The summed E-state index contributed by atoms with van der Waals surface area (Å²) >= 11 is 0. The van der Waals surface area contributed by atoms with Crippen LogP contribution in [-0.2, 0) is 18.9 Å². The van der Waals surface area contributed by atoms with Crippen LogP contribution in [0.5, 0.6) is 23.0 Å². The number of methoxy groups -OCH3 is 2. The van der Waals surface area contributed by atoms with Gasteiger partial charge in [-0.25, -0.2) is 0 Å². The number of nitrogens with one attached hydrogen (secondary N) is 3. The molecule has 0 spiro atoms. The van der Waals surface area contributed by atoms with E-state index in [1.165, 1.54) is 0 Å². The van der Waals surface area contributed by atoms with Gasteiger partial charge in [-0.05, 0) is 12.1 Å². The first-order valence-corrected chi connectivity index (χ1v) is 15.8. The van der Waals surface area contributed by atoms with Gasteiger partial charge in [-0.1, -0.05) is 24.3 Å². The summed E-state index contributed by atoms with van der Waals surface area (Å²) in [6.07, 6.45) is -0.176. The predicted octanol–water partition coefficient (Wildman–Crippen LogP) is 1.28. The van der Waals surface area contributed by atoms with Gasteiger partial charge in [0.25, 0.3) is 0 Å². The highest BCUT2D eigenvalue weighted by Gasteiger charge is 2.30. The number of phenols is 2. The van der Waals surface area contributed by atoms with E-state index in [0.717, 1.165) is 63.5 Å². The molecule has 252 valence electrons. The van der Waals surface area contributed by atoms with E-state index in [9.17, 15) is 10.2 Å². The van der Waals surface area contributed by atoms with E-state index < -0.39 is 0 Å². The fourth-order valence-electron chi connectivity index (χ4n) is 5.53. The first-order chi connectivity index (χ1) is 22.1. The van der Waals surface area contributed by atoms with Crippen LogP contribution in [0, 0.1) is 0 Å². The van der Waals surface area contributed by atoms with Crippen molar-refractivity contribution in [2.45, 2.75) is 12.3 Å². The zero-order valence-corrected chi connectivity index (χ0v) is 26.7. The van der Waals surface area contributed by atoms with E-state index in [1.54, 1.807) is 26.4 Å². The Labute approximate surface area is 266 Å². The molecule has 45 heavy (non-hydrogen) atoms. The van der Waals surface area contributed by atoms with Crippen LogP contribution in [-0.4, -0.2) is 139 Å². The van der Waals surface area contributed by atoms with Crippen LogP contribution in [0.15, 0.2) is 36.4 Å². The van der Waals surface area contributed by atoms with E-state index in [-0.39, 0.29) is 23.8 Å². The highest BCUT2D eigenvalue weighted by Crippen LogP contribution is 2.37. The van der Waals surface area contributed by atoms with Crippen LogP contribution in [0.1, 0.15) is 23.5 Å². The smallest absolute Gasteiger partial charge is 0.163 e. The van der Waals surface area contributed by atoms with Gasteiger partial charge in [0.15, 0.2) is 23.0 Å². The Morgan fingerprint density at radius 3 is 1.56 bits per heavy atom. The third kappa shape index (κ3) is 10.7. The van der Waals surface area contributed by atoms with Crippen molar-refractivity contribution in [2.24, 2.45) is 0 Å². The molecule has 0 amide bonds. The maximum atomic E-state index is 11.0. The predicted molar refractivity (Wildman–Crippen MR) is 170 cm³/mol. The summed E-state index contributed by atoms with van der Waals surface area (Å²) < 4.78 is 32.4. The van der Waals surface area contributed by atoms with E-state index in [2.05, 4.69) is 25.8 Å². The number of nitrogens with zero attached hydrogens (tertiary/aromatic N) is 2. The number of hydrogen-bond acceptors (Lipinski definition) is 13. The molecule has 2 aromatic carbocycles. The summed E-state index contributed by atoms with van der Waals surface area (Å²) in [4.78, 5) is 4.65. The van der Waals surface area contributed by atoms with Crippen LogP contribution < -0.4 is 25.4 Å². The number of phenolic OH excluding ortho intramolecular Hbond substituents is 2. The van der Waals surface area contributed by atoms with Gasteiger partial charge in [0.05, 0.1) is 52.0 Å². The Morgan fingerprint density at radius 2 is 1.11 bits per heavy atom. The second-order valence-electron chi connectivity index (χ2n) is 10.8. The molecule has 2 aromatic rings. The lowest BCUT2D eigenvalue weighted by molar-refractivity contribution is 0.0539. The molecule has 13 heteroatoms. The second-order valence-corrected chi connectivity index (χ2v) is 10.8. The molecule has 2 aliphatic heterocycles. The highest BCUT2D eigenvalue weighted by molar-refractivity contribution is 5.48. The number of aromatic hydroxyl groups is 2. The summed E-state index contributed by atoms with van der Waals surface area (Å²) in [5, 5.41) is 32.5. The molecular weight excluding hydrogens is 582 g/mol. The van der Waals surface area contributed by atoms with Gasteiger partial charge in [-0.3, -0.25) is 20.4 Å². The van der Waals surface area contributed by atoms with E-state index >= 15 is 0 Å². The van der Waals surface area contributed by atoms with Crippen LogP contribution in [0.2, 0.25) is 0 Å². The largest absolute Gasteiger partial charge is 0.504 e. The van der Waals surface area contributed by atoms with Crippen molar-refractivity contribution >= 4 is 0 Å². The maximum absolute atomic E-state index is 11.0. The Morgan fingerprint density at radius 1 is 0.667 bits per heavy atom. The number of ether oxygens (including phenoxy) is 6. The molecule has 4 rings (SSSR count). The van der Waals surface area contributed by atoms with Crippen LogP contribution in [0.4, 0.5) is 0 Å². The van der Waals surface area contributed by atoms with Gasteiger partial charge >= 0.3 is 0 Å². The molecule has 2 unspecified atom stereocenters. The third-order valence-corrected chi connectivity index (χ3v) is 7.84. The number of benzene rings is 2. The molecule has 13 nitrogen and oxygen atoms in total. The normalized spacial score (nSPS) is 19.0. The summed E-state index contributed by atoms with van der Waals surface area (Å²) in [5.41, 5.74) is 1.61. The molecule has 2 saturated heterocycles. The molecule has 0 saturated carbocycles. The minimum atomic E-state index is -0.0881. The minimum Gasteiger partial charge on any atom is -0.504 e. The average molecular weight is 634 g/mol. The summed E-state index contributed by atoms with van der Waals surface area (Å²) in [5.74, 6) is 1.23. The lowest BCUT2D eigenvalue weighted by Gasteiger charge is -2.27. The lowest BCUT2D eigenvalue weighted by atomic mass is 10.1. The van der Waals surface area contributed by atoms with Crippen molar-refractivity contribution in [3.05, 3.63) is 47.5 Å². The topological polar surface area (TPSA) is 138 Å². The Bertz CT molecular complexity index is 1040. The molecule has 2 fully saturated rings. The van der Waals surface area contributed by atoms with Gasteiger partial charge in [-0.2, -0.15) is 0 Å². The second kappa shape index (κ2) is 19.7. The Balaban J connectivity index is 1.20. The Hall–Kier alpha value is -2.72. The van der Waals surface area contributed by atoms with Gasteiger partial charge < -0.3 is 44.0 Å². The summed E-state index contributed by atoms with van der Waals surface area (Å²) in [6.45, 7) is 10.4. The van der Waals surface area contributed by atoms with Crippen molar-refractivity contribution < 1.29 is 38.6 Å². The van der Waals surface area contributed by atoms with Gasteiger partial charge in [0.1, 0.15) is 13.2 Å². The highest BCUT2D eigenvalue weighted by atomic mass is 16.5. The van der Waals surface area contributed by atoms with Crippen molar-refractivity contribution in [3.63, 3.8) is 0 Å². The molecule has 2 aliphatic rings. The maximum Gasteiger partial charge on any atom is 0.163 e. The fraction of sp³-hybridized carbons (Fsp3) is 0.625. The summed E-state index contributed by atoms with van der Waals surface area (Å²) in [7, 11) is 3.27. The van der Waals surface area contributed by atoms with Gasteiger partial charge in [0.2, 0.25) is 0 Å². The first kappa shape index (κ1) is 35.1. The third-order valence-electron chi connectivity index (χ3n) is 7.84. The van der Waals surface area contributed by atoms with Crippen molar-refractivity contribution in [1.29, 1.82) is 0 Å². The average Bonchev–Trinajstić information content (AvgIpc) is 3.72. The quantitative estimate of drug-likeness (QED) is 0.119. The summed E-state index contributed by atoms with van der Waals surface area (Å²) in [6, 6.07) is 11.2. The number of hydrogen-bond donors (Lipinski definition) is 5. The molecule has 0 radical (unpaired) electrons. The van der Waals surface area contributed by atoms with E-state index in [0.29, 0.717) is 64.4 Å². The molecule has 2 heterocycles. The standard InChI is InChI=1S/C32H51N5O8/c1-40-17-19-42-21-23-44-27-7-3-5-25(29(27)38)31-34-11-15-36(31)13-9-33-10-14-37-16-12-35-32(37)26-6-4-8-28(30(26)39)45-24-22-43-20-18-41-2/h3-8,31-35,38-39H,9-24H2,1-2H3. The SMILES string of the molecule is COCCOCCOc1cccc(C2NCCN2CCNCCN2CCNC2c2cccc(OCCOCCOC)c2O)c1O. The zero-order valence-electron chi connectivity index (χ0n) is 26.7. The molecule has 0 bridgehead atoms. The molecular formula is C32H51N5O8. The first-order valence-electron chi connectivity index (χ1n) is 15.8. The van der Waals surface area contributed by atoms with Crippen LogP contribution >= 0.6 is 0 Å². The van der Waals surface area contributed by atoms with Gasteiger partial charge in [0, 0.05) is 77.7 Å². The Kier molecular flexibility index (Phi) is 15.4. The van der Waals surface area contributed by atoms with Crippen molar-refractivity contribution in [3.8, 4) is 23.0 Å². The minimum absolute atomic E-state index is 0.0881. The zero-order chi connectivity index (χ0) is 31.7. The molecule has 5 N–H and O–H groups in total. The van der Waals surface area contributed by atoms with Crippen molar-refractivity contribution in [2.75, 3.05) is 119 Å².